The van der Waals surface area contributed by atoms with Crippen LogP contribution in [0.1, 0.15) is 31.2 Å². The minimum Gasteiger partial charge on any atom is -0.397 e. The number of benzene rings is 1. The Labute approximate surface area is 117 Å². The third kappa shape index (κ3) is 2.79. The number of nitrogens with one attached hydrogen (secondary N) is 1. The first-order valence-corrected chi connectivity index (χ1v) is 6.95. The van der Waals surface area contributed by atoms with Crippen LogP contribution in [0.2, 0.25) is 0 Å². The summed E-state index contributed by atoms with van der Waals surface area (Å²) in [7, 11) is 0. The van der Waals surface area contributed by atoms with Crippen LogP contribution in [0.5, 0.6) is 0 Å². The van der Waals surface area contributed by atoms with Crippen molar-refractivity contribution in [3.63, 3.8) is 0 Å². The van der Waals surface area contributed by atoms with Gasteiger partial charge in [-0.25, -0.2) is 0 Å². The molecule has 100 valence electrons. The molecule has 0 spiro atoms. The van der Waals surface area contributed by atoms with Crippen LogP contribution in [0.4, 0.5) is 11.4 Å². The highest BCUT2D eigenvalue weighted by atomic mass is 32.1. The van der Waals surface area contributed by atoms with Crippen molar-refractivity contribution < 1.29 is 4.79 Å². The van der Waals surface area contributed by atoms with Gasteiger partial charge in [0.25, 0.3) is 5.91 Å². The molecule has 0 unspecified atom stereocenters. The average molecular weight is 274 g/mol. The molecule has 0 aliphatic heterocycles. The van der Waals surface area contributed by atoms with E-state index in [0.29, 0.717) is 16.3 Å². The molecule has 0 saturated heterocycles. The molecular weight excluding hydrogens is 256 g/mol. The van der Waals surface area contributed by atoms with Crippen molar-refractivity contribution >= 4 is 28.6 Å². The van der Waals surface area contributed by atoms with Gasteiger partial charge < -0.3 is 11.1 Å². The van der Waals surface area contributed by atoms with Crippen LogP contribution < -0.4 is 11.1 Å². The lowest BCUT2D eigenvalue weighted by Crippen LogP contribution is -2.12. The predicted molar refractivity (Wildman–Crippen MR) is 82.1 cm³/mol. The van der Waals surface area contributed by atoms with E-state index in [1.54, 1.807) is 0 Å². The SMILES string of the molecule is Cc1cc(N)c(NC(=O)c2cc(C)c(C)s2)cc1C. The lowest BCUT2D eigenvalue weighted by molar-refractivity contribution is 0.103. The number of anilines is 2. The zero-order valence-electron chi connectivity index (χ0n) is 11.6. The standard InChI is InChI=1S/C15H18N2OS/c1-8-5-12(16)13(6-9(8)2)17-15(18)14-7-10(3)11(4)19-14/h5-7H,16H2,1-4H3,(H,17,18). The summed E-state index contributed by atoms with van der Waals surface area (Å²) in [5, 5.41) is 2.88. The Morgan fingerprint density at radius 3 is 2.26 bits per heavy atom. The van der Waals surface area contributed by atoms with Crippen LogP contribution >= 0.6 is 11.3 Å². The molecule has 0 atom stereocenters. The summed E-state index contributed by atoms with van der Waals surface area (Å²) < 4.78 is 0. The van der Waals surface area contributed by atoms with E-state index in [-0.39, 0.29) is 5.91 Å². The van der Waals surface area contributed by atoms with Crippen molar-refractivity contribution in [1.29, 1.82) is 0 Å². The molecule has 4 heteroatoms. The summed E-state index contributed by atoms with van der Waals surface area (Å²) in [6.07, 6.45) is 0. The average Bonchev–Trinajstić information content (AvgIpc) is 2.67. The smallest absolute Gasteiger partial charge is 0.265 e. The summed E-state index contributed by atoms with van der Waals surface area (Å²) in [5.74, 6) is -0.101. The second kappa shape index (κ2) is 5.05. The van der Waals surface area contributed by atoms with Gasteiger partial charge in [-0.05, 0) is 62.6 Å². The molecule has 1 aromatic heterocycles. The molecule has 0 saturated carbocycles. The van der Waals surface area contributed by atoms with Crippen LogP contribution in [0.25, 0.3) is 0 Å². The third-order valence-electron chi connectivity index (χ3n) is 3.30. The second-order valence-corrected chi connectivity index (χ2v) is 6.08. The first kappa shape index (κ1) is 13.6. The van der Waals surface area contributed by atoms with Crippen LogP contribution in [-0.2, 0) is 0 Å². The number of thiophene rings is 1. The van der Waals surface area contributed by atoms with E-state index in [0.717, 1.165) is 16.7 Å². The van der Waals surface area contributed by atoms with Crippen LogP contribution in [0.15, 0.2) is 18.2 Å². The number of carbonyl (C=O) groups is 1. The van der Waals surface area contributed by atoms with Gasteiger partial charge in [-0.15, -0.1) is 11.3 Å². The van der Waals surface area contributed by atoms with Crippen molar-refractivity contribution in [2.75, 3.05) is 11.1 Å². The highest BCUT2D eigenvalue weighted by Crippen LogP contribution is 2.26. The van der Waals surface area contributed by atoms with Gasteiger partial charge in [-0.3, -0.25) is 4.79 Å². The van der Waals surface area contributed by atoms with Gasteiger partial charge in [-0.2, -0.15) is 0 Å². The van der Waals surface area contributed by atoms with Crippen molar-refractivity contribution in [2.24, 2.45) is 0 Å². The minimum absolute atomic E-state index is 0.101. The highest BCUT2D eigenvalue weighted by Gasteiger charge is 2.12. The first-order chi connectivity index (χ1) is 8.88. The molecule has 0 aliphatic carbocycles. The summed E-state index contributed by atoms with van der Waals surface area (Å²) in [5.41, 5.74) is 10.6. The van der Waals surface area contributed by atoms with Gasteiger partial charge in [0.15, 0.2) is 0 Å². The molecule has 3 nitrogen and oxygen atoms in total. The maximum Gasteiger partial charge on any atom is 0.265 e. The molecule has 3 N–H and O–H groups in total. The summed E-state index contributed by atoms with van der Waals surface area (Å²) in [6.45, 7) is 8.03. The fraction of sp³-hybridized carbons (Fsp3) is 0.267. The molecule has 2 aromatic rings. The number of nitrogen functional groups attached to an aromatic ring is 1. The van der Waals surface area contributed by atoms with E-state index >= 15 is 0 Å². The number of rotatable bonds is 2. The van der Waals surface area contributed by atoms with Gasteiger partial charge in [0, 0.05) is 4.88 Å². The fourth-order valence-electron chi connectivity index (χ4n) is 1.82. The lowest BCUT2D eigenvalue weighted by atomic mass is 10.1. The van der Waals surface area contributed by atoms with E-state index in [2.05, 4.69) is 5.32 Å². The summed E-state index contributed by atoms with van der Waals surface area (Å²) >= 11 is 1.50. The zero-order chi connectivity index (χ0) is 14.2. The van der Waals surface area contributed by atoms with E-state index in [9.17, 15) is 4.79 Å². The highest BCUT2D eigenvalue weighted by molar-refractivity contribution is 7.14. The monoisotopic (exact) mass is 274 g/mol. The molecule has 1 heterocycles. The van der Waals surface area contributed by atoms with Crippen LogP contribution in [-0.4, -0.2) is 5.91 Å². The van der Waals surface area contributed by atoms with E-state index < -0.39 is 0 Å². The van der Waals surface area contributed by atoms with Crippen LogP contribution in [0, 0.1) is 27.7 Å². The summed E-state index contributed by atoms with van der Waals surface area (Å²) in [6, 6.07) is 5.71. The molecule has 2 rings (SSSR count). The number of hydrogen-bond acceptors (Lipinski definition) is 3. The second-order valence-electron chi connectivity index (χ2n) is 4.83. The molecule has 0 bridgehead atoms. The molecule has 0 aliphatic rings. The minimum atomic E-state index is -0.101. The molecular formula is C15H18N2OS. The van der Waals surface area contributed by atoms with Crippen molar-refractivity contribution in [2.45, 2.75) is 27.7 Å². The van der Waals surface area contributed by atoms with Gasteiger partial charge in [0.2, 0.25) is 0 Å². The van der Waals surface area contributed by atoms with Crippen LogP contribution in [0.3, 0.4) is 0 Å². The topological polar surface area (TPSA) is 55.1 Å². The van der Waals surface area contributed by atoms with Gasteiger partial charge >= 0.3 is 0 Å². The Hall–Kier alpha value is -1.81. The molecule has 1 amide bonds. The summed E-state index contributed by atoms with van der Waals surface area (Å²) in [4.78, 5) is 14.1. The van der Waals surface area contributed by atoms with Gasteiger partial charge in [-0.1, -0.05) is 0 Å². The quantitative estimate of drug-likeness (QED) is 0.818. The van der Waals surface area contributed by atoms with Gasteiger partial charge in [0.1, 0.15) is 0 Å². The van der Waals surface area contributed by atoms with Crippen molar-refractivity contribution in [1.82, 2.24) is 0 Å². The Balaban J connectivity index is 2.26. The van der Waals surface area contributed by atoms with Crippen molar-refractivity contribution in [3.05, 3.63) is 44.6 Å². The predicted octanol–water partition coefficient (Wildman–Crippen LogP) is 3.82. The maximum absolute atomic E-state index is 12.2. The number of hydrogen-bond donors (Lipinski definition) is 2. The maximum atomic E-state index is 12.2. The number of carbonyl (C=O) groups excluding carboxylic acids is 1. The Morgan fingerprint density at radius 2 is 1.68 bits per heavy atom. The number of aryl methyl sites for hydroxylation is 4. The Morgan fingerprint density at radius 1 is 1.05 bits per heavy atom. The third-order valence-corrected chi connectivity index (χ3v) is 4.46. The normalized spacial score (nSPS) is 10.5. The first-order valence-electron chi connectivity index (χ1n) is 6.13. The fourth-order valence-corrected chi connectivity index (χ4v) is 2.74. The lowest BCUT2D eigenvalue weighted by Gasteiger charge is -2.10. The van der Waals surface area contributed by atoms with Gasteiger partial charge in [0.05, 0.1) is 16.3 Å². The molecule has 1 aromatic carbocycles. The Kier molecular flexibility index (Phi) is 3.62. The van der Waals surface area contributed by atoms with E-state index in [1.807, 2.05) is 45.9 Å². The van der Waals surface area contributed by atoms with E-state index in [4.69, 9.17) is 5.73 Å². The molecule has 0 radical (unpaired) electrons. The number of amides is 1. The largest absolute Gasteiger partial charge is 0.397 e. The Bertz CT molecular complexity index is 624. The molecule has 19 heavy (non-hydrogen) atoms. The molecule has 0 fully saturated rings. The van der Waals surface area contributed by atoms with Crippen molar-refractivity contribution in [3.8, 4) is 0 Å². The number of nitrogens with two attached hydrogens (primary N) is 1. The zero-order valence-corrected chi connectivity index (χ0v) is 12.4. The van der Waals surface area contributed by atoms with E-state index in [1.165, 1.54) is 16.2 Å².